The van der Waals surface area contributed by atoms with E-state index in [0.29, 0.717) is 0 Å². The monoisotopic (exact) mass is 888 g/mol. The van der Waals surface area contributed by atoms with Gasteiger partial charge in [-0.15, -0.1) is 209 Å². The molecule has 0 heterocycles. The molecule has 0 aromatic heterocycles. The van der Waals surface area contributed by atoms with Crippen LogP contribution in [-0.4, -0.2) is 61.3 Å². The van der Waals surface area contributed by atoms with Gasteiger partial charge in [0, 0.05) is 45.3 Å². The van der Waals surface area contributed by atoms with Crippen molar-refractivity contribution in [1.29, 1.82) is 0 Å². The molecule has 0 unspecified atom stereocenters. The Kier molecular flexibility index (Phi) is 12.6. The topological polar surface area (TPSA) is 0 Å². The van der Waals surface area contributed by atoms with Crippen molar-refractivity contribution in [2.24, 2.45) is 33.5 Å². The Bertz CT molecular complexity index is 794. The summed E-state index contributed by atoms with van der Waals surface area (Å²) >= 11 is 113. The molecule has 0 aromatic rings. The lowest BCUT2D eigenvalue weighted by Crippen LogP contribution is -2.50. The SMILES string of the molecule is ClC[C@]1(C(Cl)Cl)[C@@H]2[C@H](Cl)[C@@H](Cl)[C@@]1(C(Cl)Cl)CC2(Cl)Cl.ClC[C@]1(C(Cl)Cl)[C@@H]2[C@H](Cl)[C@@H](Cl)[C@@]1(C(Cl)Cl)CC2(Cl)Cl. The summed E-state index contributed by atoms with van der Waals surface area (Å²) < 4.78 is -2.34. The van der Waals surface area contributed by atoms with Gasteiger partial charge in [0.05, 0.1) is 21.5 Å². The first kappa shape index (κ1) is 37.7. The summed E-state index contributed by atoms with van der Waals surface area (Å²) in [4.78, 5) is -3.56. The van der Waals surface area contributed by atoms with Crippen molar-refractivity contribution < 1.29 is 0 Å². The van der Waals surface area contributed by atoms with Crippen molar-refractivity contribution >= 4 is 209 Å². The molecule has 0 N–H and O–H groups in total. The minimum absolute atomic E-state index is 0.0684. The lowest BCUT2D eigenvalue weighted by molar-refractivity contribution is 0.144. The average molecular weight is 897 g/mol. The zero-order valence-electron chi connectivity index (χ0n) is 18.4. The molecule has 0 aliphatic heterocycles. The van der Waals surface area contributed by atoms with Gasteiger partial charge >= 0.3 is 0 Å². The van der Waals surface area contributed by atoms with Gasteiger partial charge in [0.1, 0.15) is 28.0 Å². The third-order valence-electron chi connectivity index (χ3n) is 8.99. The lowest BCUT2D eigenvalue weighted by atomic mass is 9.70. The number of rotatable bonds is 6. The molecule has 4 bridgehead atoms. The van der Waals surface area contributed by atoms with Crippen LogP contribution >= 0.6 is 209 Å². The number of halogens is 18. The number of hydrogen-bond donors (Lipinski definition) is 0. The molecule has 4 aliphatic rings. The van der Waals surface area contributed by atoms with Crippen LogP contribution < -0.4 is 0 Å². The van der Waals surface area contributed by atoms with Crippen molar-refractivity contribution in [2.75, 3.05) is 11.8 Å². The van der Waals surface area contributed by atoms with Crippen molar-refractivity contribution in [3.8, 4) is 0 Å². The Balaban J connectivity index is 0.000000211. The van der Waals surface area contributed by atoms with Crippen LogP contribution in [0, 0.1) is 33.5 Å². The summed E-state index contributed by atoms with van der Waals surface area (Å²) in [5.74, 6) is -0.854. The van der Waals surface area contributed by atoms with Gasteiger partial charge in [-0.1, -0.05) is 0 Å². The fourth-order valence-electron chi connectivity index (χ4n) is 7.32. The molecule has 0 nitrogen and oxygen atoms in total. The first-order chi connectivity index (χ1) is 17.2. The number of alkyl halides is 18. The van der Waals surface area contributed by atoms with Crippen LogP contribution in [0.5, 0.6) is 0 Å². The normalized spacial score (nSPS) is 48.5. The minimum atomic E-state index is -1.17. The number of hydrogen-bond acceptors (Lipinski definition) is 0. The summed E-state index contributed by atoms with van der Waals surface area (Å²) in [6.07, 6.45) is 0.483. The van der Waals surface area contributed by atoms with Gasteiger partial charge in [0.2, 0.25) is 0 Å². The summed E-state index contributed by atoms with van der Waals surface area (Å²) in [6, 6.07) is 0. The molecule has 38 heavy (non-hydrogen) atoms. The summed E-state index contributed by atoms with van der Waals surface area (Å²) in [7, 11) is 0. The molecular formula is C20H18Cl18. The Morgan fingerprint density at radius 3 is 0.921 bits per heavy atom. The first-order valence-corrected chi connectivity index (χ1v) is 18.6. The van der Waals surface area contributed by atoms with E-state index in [1.54, 1.807) is 0 Å². The van der Waals surface area contributed by atoms with Crippen LogP contribution in [0.2, 0.25) is 0 Å². The predicted molar refractivity (Wildman–Crippen MR) is 177 cm³/mol. The van der Waals surface area contributed by atoms with Gasteiger partial charge < -0.3 is 0 Å². The molecule has 4 saturated carbocycles. The van der Waals surface area contributed by atoms with Gasteiger partial charge in [0.15, 0.2) is 0 Å². The Labute approximate surface area is 312 Å². The first-order valence-electron chi connectivity index (χ1n) is 10.8. The lowest BCUT2D eigenvalue weighted by Gasteiger charge is -2.45. The van der Waals surface area contributed by atoms with Gasteiger partial charge in [-0.25, -0.2) is 0 Å². The maximum atomic E-state index is 6.45. The average Bonchev–Trinajstić information content (AvgIpc) is 3.32. The Morgan fingerprint density at radius 1 is 0.500 bits per heavy atom. The maximum Gasteiger partial charge on any atom is 0.124 e. The van der Waals surface area contributed by atoms with Crippen LogP contribution in [0.15, 0.2) is 0 Å². The van der Waals surface area contributed by atoms with E-state index in [1.165, 1.54) is 0 Å². The van der Waals surface area contributed by atoms with E-state index in [9.17, 15) is 0 Å². The molecule has 0 spiro atoms. The summed E-state index contributed by atoms with van der Waals surface area (Å²) in [5, 5.41) is -2.26. The van der Waals surface area contributed by atoms with Gasteiger partial charge in [-0.3, -0.25) is 0 Å². The molecule has 0 aromatic carbocycles. The fourth-order valence-corrected chi connectivity index (χ4v) is 17.3. The highest BCUT2D eigenvalue weighted by Gasteiger charge is 2.83. The molecule has 4 rings (SSSR count). The quantitative estimate of drug-likeness (QED) is 0.233. The van der Waals surface area contributed by atoms with Crippen LogP contribution in [0.3, 0.4) is 0 Å². The minimum Gasteiger partial charge on any atom is -0.126 e. The number of fused-ring (bicyclic) bond motifs is 4. The van der Waals surface area contributed by atoms with E-state index in [-0.39, 0.29) is 24.6 Å². The van der Waals surface area contributed by atoms with E-state index in [4.69, 9.17) is 209 Å². The third kappa shape index (κ3) is 4.85. The standard InChI is InChI=1S/2C10H9Cl9/c2*11-2-9(7(16)17)4-3(12)5(13)8(9,6(14)15)1-10(4,18)19/h2*3-7H,1-2H2/t2*3-,4-,5+,8+,9+/m00/s1. The van der Waals surface area contributed by atoms with E-state index >= 15 is 0 Å². The van der Waals surface area contributed by atoms with Crippen LogP contribution in [0.25, 0.3) is 0 Å². The zero-order valence-corrected chi connectivity index (χ0v) is 32.0. The molecule has 4 aliphatic carbocycles. The van der Waals surface area contributed by atoms with Crippen molar-refractivity contribution in [3.05, 3.63) is 0 Å². The highest BCUT2D eigenvalue weighted by atomic mass is 35.6. The Morgan fingerprint density at radius 2 is 0.763 bits per heavy atom. The molecule has 224 valence electrons. The predicted octanol–water partition coefficient (Wildman–Crippen LogP) is 12.5. The largest absolute Gasteiger partial charge is 0.126 e. The highest BCUT2D eigenvalue weighted by Crippen LogP contribution is 2.80. The van der Waals surface area contributed by atoms with Crippen molar-refractivity contribution in [2.45, 2.75) is 62.4 Å². The molecule has 0 saturated heterocycles. The third-order valence-corrected chi connectivity index (χ3v) is 17.1. The smallest absolute Gasteiger partial charge is 0.124 e. The van der Waals surface area contributed by atoms with Gasteiger partial charge in [-0.05, 0) is 12.8 Å². The fraction of sp³-hybridized carbons (Fsp3) is 1.00. The summed E-state index contributed by atoms with van der Waals surface area (Å²) in [5.41, 5.74) is -3.75. The molecule has 0 radical (unpaired) electrons. The van der Waals surface area contributed by atoms with Crippen LogP contribution in [0.1, 0.15) is 12.8 Å². The van der Waals surface area contributed by atoms with Crippen LogP contribution in [0.4, 0.5) is 0 Å². The molecule has 0 amide bonds. The van der Waals surface area contributed by atoms with Gasteiger partial charge in [0.25, 0.3) is 0 Å². The van der Waals surface area contributed by atoms with Crippen molar-refractivity contribution in [1.82, 2.24) is 0 Å². The second kappa shape index (κ2) is 12.7. The molecule has 4 fully saturated rings. The maximum absolute atomic E-state index is 6.45. The van der Waals surface area contributed by atoms with E-state index < -0.39 is 83.0 Å². The Hall–Kier alpha value is 5.22. The van der Waals surface area contributed by atoms with Crippen LogP contribution in [-0.2, 0) is 0 Å². The van der Waals surface area contributed by atoms with Crippen molar-refractivity contribution in [3.63, 3.8) is 0 Å². The van der Waals surface area contributed by atoms with E-state index in [2.05, 4.69) is 0 Å². The zero-order chi connectivity index (χ0) is 29.6. The molecular weight excluding hydrogens is 878 g/mol. The van der Waals surface area contributed by atoms with E-state index in [1.807, 2.05) is 0 Å². The molecule has 10 atom stereocenters. The second-order valence-corrected chi connectivity index (χ2v) is 20.1. The second-order valence-electron chi connectivity index (χ2n) is 10.2. The molecule has 18 heteroatoms. The van der Waals surface area contributed by atoms with Gasteiger partial charge in [-0.2, -0.15) is 0 Å². The highest BCUT2D eigenvalue weighted by molar-refractivity contribution is 6.54. The summed E-state index contributed by atoms with van der Waals surface area (Å²) in [6.45, 7) is 0. The van der Waals surface area contributed by atoms with E-state index in [0.717, 1.165) is 0 Å².